The number of benzene rings is 2. The fourth-order valence-corrected chi connectivity index (χ4v) is 2.94. The maximum atomic E-state index is 6.65. The molecule has 2 aromatic rings. The molecular weight excluding hydrogens is 290 g/mol. The Hall–Kier alpha value is -1.47. The highest BCUT2D eigenvalue weighted by molar-refractivity contribution is 6.21. The minimum atomic E-state index is 0.00568. The molecule has 0 heterocycles. The van der Waals surface area contributed by atoms with Crippen LogP contribution in [0.5, 0.6) is 0 Å². The first kappa shape index (κ1) is 16.9. The van der Waals surface area contributed by atoms with E-state index in [9.17, 15) is 0 Å². The average molecular weight is 316 g/mol. The molecule has 2 rings (SSSR count). The molecule has 0 spiro atoms. The Morgan fingerprint density at radius 1 is 0.909 bits per heavy atom. The van der Waals surface area contributed by atoms with Crippen molar-refractivity contribution in [3.8, 4) is 0 Å². The molecule has 0 aliphatic heterocycles. The van der Waals surface area contributed by atoms with Gasteiger partial charge in [0.25, 0.3) is 0 Å². The normalized spacial score (nSPS) is 13.6. The molecule has 2 unspecified atom stereocenters. The van der Waals surface area contributed by atoms with Gasteiger partial charge in [0, 0.05) is 18.8 Å². The Balaban J connectivity index is 2.06. The Morgan fingerprint density at radius 3 is 2.05 bits per heavy atom. The molecule has 0 bridgehead atoms. The third-order valence-electron chi connectivity index (χ3n) is 4.36. The number of nitrogens with zero attached hydrogens (tertiary/aromatic N) is 1. The highest BCUT2D eigenvalue weighted by Gasteiger charge is 2.13. The zero-order chi connectivity index (χ0) is 15.9. The van der Waals surface area contributed by atoms with Gasteiger partial charge < -0.3 is 4.90 Å². The van der Waals surface area contributed by atoms with E-state index in [0.29, 0.717) is 5.92 Å². The maximum absolute atomic E-state index is 6.65. The summed E-state index contributed by atoms with van der Waals surface area (Å²) in [6.07, 6.45) is 1.17. The average Bonchev–Trinajstić information content (AvgIpc) is 2.59. The van der Waals surface area contributed by atoms with Gasteiger partial charge in [-0.25, -0.2) is 0 Å². The summed E-state index contributed by atoms with van der Waals surface area (Å²) in [5, 5.41) is 0.00568. The highest BCUT2D eigenvalue weighted by atomic mass is 35.5. The lowest BCUT2D eigenvalue weighted by Crippen LogP contribution is -2.26. The predicted molar refractivity (Wildman–Crippen MR) is 98.1 cm³/mol. The number of hydrogen-bond donors (Lipinski definition) is 0. The van der Waals surface area contributed by atoms with E-state index < -0.39 is 0 Å². The summed E-state index contributed by atoms with van der Waals surface area (Å²) in [5.41, 5.74) is 3.82. The van der Waals surface area contributed by atoms with Gasteiger partial charge in [0.05, 0.1) is 5.38 Å². The quantitative estimate of drug-likeness (QED) is 0.566. The first-order valence-corrected chi connectivity index (χ1v) is 8.63. The minimum absolute atomic E-state index is 0.00568. The van der Waals surface area contributed by atoms with Crippen LogP contribution in [0, 0.1) is 0 Å². The minimum Gasteiger partial charge on any atom is -0.370 e. The summed E-state index contributed by atoms with van der Waals surface area (Å²) >= 11 is 6.65. The van der Waals surface area contributed by atoms with Gasteiger partial charge in [-0.2, -0.15) is 0 Å². The summed E-state index contributed by atoms with van der Waals surface area (Å²) in [6, 6.07) is 19.3. The van der Waals surface area contributed by atoms with E-state index >= 15 is 0 Å². The van der Waals surface area contributed by atoms with E-state index in [2.05, 4.69) is 74.2 Å². The van der Waals surface area contributed by atoms with Crippen molar-refractivity contribution in [3.63, 3.8) is 0 Å². The van der Waals surface area contributed by atoms with Crippen LogP contribution in [0.4, 0.5) is 5.69 Å². The van der Waals surface area contributed by atoms with E-state index in [1.165, 1.54) is 23.2 Å². The zero-order valence-electron chi connectivity index (χ0n) is 13.8. The van der Waals surface area contributed by atoms with Crippen LogP contribution in [0.15, 0.2) is 54.6 Å². The number of likely N-dealkylation sites (N-methyl/N-ethyl adjacent to an activating group) is 1. The second kappa shape index (κ2) is 8.24. The van der Waals surface area contributed by atoms with Crippen LogP contribution < -0.4 is 4.90 Å². The molecule has 0 fully saturated rings. The van der Waals surface area contributed by atoms with Crippen molar-refractivity contribution in [1.82, 2.24) is 0 Å². The topological polar surface area (TPSA) is 3.24 Å². The molecule has 22 heavy (non-hydrogen) atoms. The molecule has 1 nitrogen and oxygen atoms in total. The van der Waals surface area contributed by atoms with Gasteiger partial charge in [-0.15, -0.1) is 11.6 Å². The van der Waals surface area contributed by atoms with Crippen LogP contribution in [0.2, 0.25) is 0 Å². The number of halogens is 1. The summed E-state index contributed by atoms with van der Waals surface area (Å²) in [6.45, 7) is 8.44. The molecular formula is C20H26ClN. The van der Waals surface area contributed by atoms with Crippen LogP contribution in [0.3, 0.4) is 0 Å². The summed E-state index contributed by atoms with van der Waals surface area (Å²) < 4.78 is 0. The van der Waals surface area contributed by atoms with Gasteiger partial charge in [0.15, 0.2) is 0 Å². The van der Waals surface area contributed by atoms with Gasteiger partial charge in [-0.1, -0.05) is 56.3 Å². The Labute approximate surface area is 139 Å². The van der Waals surface area contributed by atoms with Crippen LogP contribution in [0.1, 0.15) is 49.6 Å². The van der Waals surface area contributed by atoms with E-state index in [1.54, 1.807) is 0 Å². The second-order valence-corrected chi connectivity index (χ2v) is 6.34. The molecule has 0 saturated heterocycles. The van der Waals surface area contributed by atoms with Crippen LogP contribution in [-0.2, 0) is 0 Å². The first-order chi connectivity index (χ1) is 10.7. The largest absolute Gasteiger partial charge is 0.370 e. The Bertz CT molecular complexity index is 550. The van der Waals surface area contributed by atoms with Crippen molar-refractivity contribution in [2.75, 3.05) is 18.0 Å². The van der Waals surface area contributed by atoms with Crippen LogP contribution in [-0.4, -0.2) is 13.1 Å². The van der Waals surface area contributed by atoms with Crippen molar-refractivity contribution in [2.45, 2.75) is 38.5 Å². The molecule has 0 saturated carbocycles. The molecule has 0 aliphatic rings. The lowest BCUT2D eigenvalue weighted by atomic mass is 9.97. The predicted octanol–water partition coefficient (Wildman–Crippen LogP) is 6.01. The van der Waals surface area contributed by atoms with Crippen molar-refractivity contribution >= 4 is 17.3 Å². The Morgan fingerprint density at radius 2 is 1.50 bits per heavy atom. The fraction of sp³-hybridized carbons (Fsp3) is 0.400. The maximum Gasteiger partial charge on any atom is 0.0760 e. The van der Waals surface area contributed by atoms with Crippen molar-refractivity contribution in [2.24, 2.45) is 0 Å². The second-order valence-electron chi connectivity index (χ2n) is 5.82. The lowest BCUT2D eigenvalue weighted by Gasteiger charge is -2.26. The number of hydrogen-bond acceptors (Lipinski definition) is 1. The smallest absolute Gasteiger partial charge is 0.0760 e. The standard InChI is InChI=1S/C20H26ClN/c1-4-16(3)17-11-13-18(14-12-17)20(21)15-22(5-2)19-9-7-6-8-10-19/h6-14,16,20H,4-5,15H2,1-3H3. The molecule has 2 aromatic carbocycles. The SMILES string of the molecule is CCC(C)c1ccc(C(Cl)CN(CC)c2ccccc2)cc1. The van der Waals surface area contributed by atoms with Gasteiger partial charge in [-0.3, -0.25) is 0 Å². The number of para-hydroxylation sites is 1. The summed E-state index contributed by atoms with van der Waals surface area (Å²) in [7, 11) is 0. The van der Waals surface area contributed by atoms with Gasteiger partial charge in [0.1, 0.15) is 0 Å². The third kappa shape index (κ3) is 4.27. The van der Waals surface area contributed by atoms with Crippen molar-refractivity contribution in [3.05, 3.63) is 65.7 Å². The zero-order valence-corrected chi connectivity index (χ0v) is 14.6. The molecule has 2 heteroatoms. The molecule has 0 amide bonds. The molecule has 2 atom stereocenters. The molecule has 118 valence electrons. The first-order valence-electron chi connectivity index (χ1n) is 8.19. The van der Waals surface area contributed by atoms with E-state index in [0.717, 1.165) is 13.1 Å². The number of alkyl halides is 1. The number of rotatable bonds is 7. The van der Waals surface area contributed by atoms with E-state index in [1.807, 2.05) is 6.07 Å². The number of anilines is 1. The van der Waals surface area contributed by atoms with E-state index in [4.69, 9.17) is 11.6 Å². The fourth-order valence-electron chi connectivity index (χ4n) is 2.62. The van der Waals surface area contributed by atoms with Crippen LogP contribution >= 0.6 is 11.6 Å². The molecule has 0 radical (unpaired) electrons. The van der Waals surface area contributed by atoms with Crippen LogP contribution in [0.25, 0.3) is 0 Å². The Kier molecular flexibility index (Phi) is 6.33. The summed E-state index contributed by atoms with van der Waals surface area (Å²) in [5.74, 6) is 0.610. The van der Waals surface area contributed by atoms with Gasteiger partial charge >= 0.3 is 0 Å². The molecule has 0 aliphatic carbocycles. The monoisotopic (exact) mass is 315 g/mol. The summed E-state index contributed by atoms with van der Waals surface area (Å²) in [4.78, 5) is 2.32. The lowest BCUT2D eigenvalue weighted by molar-refractivity contribution is 0.732. The van der Waals surface area contributed by atoms with Crippen molar-refractivity contribution < 1.29 is 0 Å². The molecule has 0 aromatic heterocycles. The van der Waals surface area contributed by atoms with Crippen molar-refractivity contribution in [1.29, 1.82) is 0 Å². The van der Waals surface area contributed by atoms with Gasteiger partial charge in [-0.05, 0) is 42.5 Å². The van der Waals surface area contributed by atoms with Gasteiger partial charge in [0.2, 0.25) is 0 Å². The highest BCUT2D eigenvalue weighted by Crippen LogP contribution is 2.27. The third-order valence-corrected chi connectivity index (χ3v) is 4.75. The molecule has 0 N–H and O–H groups in total. The van der Waals surface area contributed by atoms with E-state index in [-0.39, 0.29) is 5.38 Å².